The molecule has 2 aromatic rings. The summed E-state index contributed by atoms with van der Waals surface area (Å²) >= 11 is 3.36. The summed E-state index contributed by atoms with van der Waals surface area (Å²) in [5, 5.41) is 10.4. The van der Waals surface area contributed by atoms with Crippen LogP contribution in [0.1, 0.15) is 18.5 Å². The molecule has 7 heteroatoms. The maximum absolute atomic E-state index is 12.8. The number of methoxy groups -OCH3 is 2. The highest BCUT2D eigenvalue weighted by molar-refractivity contribution is 9.10. The monoisotopic (exact) mass is 431 g/mol. The molecule has 0 saturated heterocycles. The molecule has 0 saturated carbocycles. The van der Waals surface area contributed by atoms with Gasteiger partial charge in [0, 0.05) is 21.8 Å². The van der Waals surface area contributed by atoms with E-state index in [9.17, 15) is 14.7 Å². The molecule has 140 valence electrons. The number of halogens is 1. The zero-order valence-electron chi connectivity index (χ0n) is 15.0. The summed E-state index contributed by atoms with van der Waals surface area (Å²) in [5.41, 5.74) is 1.16. The number of rotatable bonds is 5. The molecule has 1 aliphatic rings. The Balaban J connectivity index is 2.22. The van der Waals surface area contributed by atoms with Crippen molar-refractivity contribution in [2.45, 2.75) is 13.0 Å². The molecule has 1 aliphatic heterocycles. The van der Waals surface area contributed by atoms with Crippen molar-refractivity contribution in [2.24, 2.45) is 0 Å². The summed E-state index contributed by atoms with van der Waals surface area (Å²) in [6.45, 7) is 1.33. The van der Waals surface area contributed by atoms with E-state index in [-0.39, 0.29) is 11.4 Å². The minimum Gasteiger partial charge on any atom is -0.503 e. The zero-order valence-corrected chi connectivity index (χ0v) is 16.6. The van der Waals surface area contributed by atoms with E-state index < -0.39 is 17.7 Å². The molecule has 27 heavy (non-hydrogen) atoms. The number of aliphatic hydroxyl groups is 1. The normalized spacial score (nSPS) is 16.7. The first-order chi connectivity index (χ1) is 12.9. The lowest BCUT2D eigenvalue weighted by molar-refractivity contribution is -0.117. The van der Waals surface area contributed by atoms with Crippen LogP contribution in [0.2, 0.25) is 0 Å². The highest BCUT2D eigenvalue weighted by atomic mass is 79.9. The molecule has 0 radical (unpaired) electrons. The van der Waals surface area contributed by atoms with E-state index in [4.69, 9.17) is 9.47 Å². The van der Waals surface area contributed by atoms with Gasteiger partial charge in [-0.3, -0.25) is 14.5 Å². The van der Waals surface area contributed by atoms with Crippen molar-refractivity contribution in [3.8, 4) is 11.5 Å². The van der Waals surface area contributed by atoms with Gasteiger partial charge in [-0.15, -0.1) is 0 Å². The fourth-order valence-corrected chi connectivity index (χ4v) is 3.44. The molecule has 0 aliphatic carbocycles. The number of hydrogen-bond acceptors (Lipinski definition) is 5. The van der Waals surface area contributed by atoms with Crippen molar-refractivity contribution < 1.29 is 24.2 Å². The number of carbonyl (C=O) groups excluding carboxylic acids is 2. The molecule has 6 nitrogen and oxygen atoms in total. The van der Waals surface area contributed by atoms with Crippen LogP contribution in [0.5, 0.6) is 11.5 Å². The summed E-state index contributed by atoms with van der Waals surface area (Å²) in [4.78, 5) is 26.5. The second-order valence-electron chi connectivity index (χ2n) is 5.98. The number of anilines is 1. The van der Waals surface area contributed by atoms with Crippen molar-refractivity contribution in [1.82, 2.24) is 0 Å². The molecule has 2 aromatic carbocycles. The number of nitrogens with zero attached hydrogens (tertiary/aromatic N) is 1. The van der Waals surface area contributed by atoms with E-state index >= 15 is 0 Å². The van der Waals surface area contributed by atoms with Gasteiger partial charge in [0.15, 0.2) is 11.5 Å². The van der Waals surface area contributed by atoms with E-state index in [1.165, 1.54) is 26.0 Å². The van der Waals surface area contributed by atoms with Crippen LogP contribution >= 0.6 is 15.9 Å². The lowest BCUT2D eigenvalue weighted by atomic mass is 9.95. The molecule has 0 aromatic heterocycles. The van der Waals surface area contributed by atoms with Crippen LogP contribution in [0.15, 0.2) is 58.3 Å². The fourth-order valence-electron chi connectivity index (χ4n) is 3.17. The van der Waals surface area contributed by atoms with Crippen LogP contribution in [-0.2, 0) is 9.59 Å². The maximum atomic E-state index is 12.8. The van der Waals surface area contributed by atoms with Crippen LogP contribution < -0.4 is 14.4 Å². The second kappa shape index (κ2) is 7.44. The number of aliphatic hydroxyl groups excluding tert-OH is 1. The van der Waals surface area contributed by atoms with Crippen molar-refractivity contribution in [1.29, 1.82) is 0 Å². The smallest absolute Gasteiger partial charge is 0.294 e. The van der Waals surface area contributed by atoms with Gasteiger partial charge < -0.3 is 14.6 Å². The molecule has 0 bridgehead atoms. The number of hydrogen-bond donors (Lipinski definition) is 1. The van der Waals surface area contributed by atoms with E-state index in [1.54, 1.807) is 42.5 Å². The first-order valence-electron chi connectivity index (χ1n) is 8.14. The largest absolute Gasteiger partial charge is 0.503 e. The minimum atomic E-state index is -0.808. The number of carbonyl (C=O) groups is 2. The standard InChI is InChI=1S/C20H18BrNO5/c1-11(23)17-18(15-9-8-14(26-2)10-16(15)27-3)22(20(25)19(17)24)13-6-4-12(21)5-7-13/h4-10,18,24H,1-3H3. The Bertz CT molecular complexity index is 936. The Labute approximate surface area is 165 Å². The van der Waals surface area contributed by atoms with Gasteiger partial charge in [0.2, 0.25) is 0 Å². The average molecular weight is 432 g/mol. The van der Waals surface area contributed by atoms with Gasteiger partial charge in [0.25, 0.3) is 5.91 Å². The number of ketones is 1. The summed E-state index contributed by atoms with van der Waals surface area (Å²) in [5.74, 6) is -0.544. The van der Waals surface area contributed by atoms with E-state index in [2.05, 4.69) is 15.9 Å². The molecule has 1 atom stereocenters. The third kappa shape index (κ3) is 3.30. The number of Topliss-reactive ketones (excluding diaryl/α,β-unsaturated/α-hetero) is 1. The predicted octanol–water partition coefficient (Wildman–Crippen LogP) is 3.96. The second-order valence-corrected chi connectivity index (χ2v) is 6.90. The third-order valence-electron chi connectivity index (χ3n) is 4.43. The highest BCUT2D eigenvalue weighted by Gasteiger charge is 2.44. The quantitative estimate of drug-likeness (QED) is 0.775. The molecule has 0 fully saturated rings. The van der Waals surface area contributed by atoms with Gasteiger partial charge in [-0.05, 0) is 43.3 Å². The molecule has 3 rings (SSSR count). The number of benzene rings is 2. The Hall–Kier alpha value is -2.80. The van der Waals surface area contributed by atoms with Gasteiger partial charge in [0.1, 0.15) is 11.5 Å². The van der Waals surface area contributed by atoms with Crippen LogP contribution in [0, 0.1) is 0 Å². The molecule has 1 amide bonds. The molecule has 1 heterocycles. The molecule has 1 N–H and O–H groups in total. The van der Waals surface area contributed by atoms with Crippen molar-refractivity contribution >= 4 is 33.3 Å². The van der Waals surface area contributed by atoms with Crippen LogP contribution in [0.3, 0.4) is 0 Å². The summed E-state index contributed by atoms with van der Waals surface area (Å²) < 4.78 is 11.5. The van der Waals surface area contributed by atoms with Crippen molar-refractivity contribution in [2.75, 3.05) is 19.1 Å². The van der Waals surface area contributed by atoms with Gasteiger partial charge in [0.05, 0.1) is 25.8 Å². The molecular weight excluding hydrogens is 414 g/mol. The third-order valence-corrected chi connectivity index (χ3v) is 4.96. The predicted molar refractivity (Wildman–Crippen MR) is 104 cm³/mol. The van der Waals surface area contributed by atoms with Gasteiger partial charge in [-0.2, -0.15) is 0 Å². The molecule has 0 spiro atoms. The Kier molecular flexibility index (Phi) is 5.23. The first kappa shape index (κ1) is 19.0. The van der Waals surface area contributed by atoms with Crippen LogP contribution in [0.4, 0.5) is 5.69 Å². The van der Waals surface area contributed by atoms with Crippen LogP contribution in [-0.4, -0.2) is 31.0 Å². The van der Waals surface area contributed by atoms with Crippen molar-refractivity contribution in [3.63, 3.8) is 0 Å². The topological polar surface area (TPSA) is 76.1 Å². The van der Waals surface area contributed by atoms with Gasteiger partial charge in [-0.1, -0.05) is 15.9 Å². The van der Waals surface area contributed by atoms with E-state index in [0.717, 1.165) is 4.47 Å². The SMILES string of the molecule is COc1ccc(C2C(C(C)=O)=C(O)C(=O)N2c2ccc(Br)cc2)c(OC)c1. The number of ether oxygens (including phenoxy) is 2. The summed E-state index contributed by atoms with van der Waals surface area (Å²) in [7, 11) is 3.03. The zero-order chi connectivity index (χ0) is 19.7. The van der Waals surface area contributed by atoms with E-state index in [1.807, 2.05) is 0 Å². The molecular formula is C20H18BrNO5. The maximum Gasteiger partial charge on any atom is 0.294 e. The lowest BCUT2D eigenvalue weighted by Crippen LogP contribution is -2.31. The van der Waals surface area contributed by atoms with E-state index in [0.29, 0.717) is 22.7 Å². The molecule has 1 unspecified atom stereocenters. The average Bonchev–Trinajstić information content (AvgIpc) is 2.93. The minimum absolute atomic E-state index is 0.0337. The Morgan fingerprint density at radius 1 is 1.11 bits per heavy atom. The summed E-state index contributed by atoms with van der Waals surface area (Å²) in [6, 6.07) is 11.4. The highest BCUT2D eigenvalue weighted by Crippen LogP contribution is 2.44. The Morgan fingerprint density at radius 3 is 2.33 bits per heavy atom. The Morgan fingerprint density at radius 2 is 1.78 bits per heavy atom. The first-order valence-corrected chi connectivity index (χ1v) is 8.93. The fraction of sp³-hybridized carbons (Fsp3) is 0.200. The van der Waals surface area contributed by atoms with Crippen molar-refractivity contribution in [3.05, 3.63) is 63.8 Å². The lowest BCUT2D eigenvalue weighted by Gasteiger charge is -2.28. The van der Waals surface area contributed by atoms with Gasteiger partial charge in [-0.25, -0.2) is 0 Å². The number of amides is 1. The van der Waals surface area contributed by atoms with Crippen LogP contribution in [0.25, 0.3) is 0 Å². The van der Waals surface area contributed by atoms with Gasteiger partial charge >= 0.3 is 0 Å². The summed E-state index contributed by atoms with van der Waals surface area (Å²) in [6.07, 6.45) is 0.